The SMILES string of the molecule is N[C@H]1COCC[C@H]1Oc1ccc2c(c1)CN(C1CCC(=O)[NH+]=C1O)C2=O. The summed E-state index contributed by atoms with van der Waals surface area (Å²) in [5.41, 5.74) is 7.47. The van der Waals surface area contributed by atoms with Crippen molar-refractivity contribution in [3.8, 4) is 5.75 Å². The number of ether oxygens (including phenoxy) is 2. The van der Waals surface area contributed by atoms with E-state index in [9.17, 15) is 14.7 Å². The monoisotopic (exact) mass is 360 g/mol. The van der Waals surface area contributed by atoms with Gasteiger partial charge >= 0.3 is 11.8 Å². The maximum absolute atomic E-state index is 12.7. The number of fused-ring (bicyclic) bond motifs is 1. The summed E-state index contributed by atoms with van der Waals surface area (Å²) in [7, 11) is 0. The van der Waals surface area contributed by atoms with Crippen LogP contribution < -0.4 is 15.5 Å². The lowest BCUT2D eigenvalue weighted by molar-refractivity contribution is -0.394. The van der Waals surface area contributed by atoms with Crippen LogP contribution in [0.5, 0.6) is 5.75 Å². The Morgan fingerprint density at radius 2 is 2.15 bits per heavy atom. The van der Waals surface area contributed by atoms with E-state index in [2.05, 4.69) is 4.99 Å². The van der Waals surface area contributed by atoms with Crippen molar-refractivity contribution in [3.05, 3.63) is 29.3 Å². The van der Waals surface area contributed by atoms with Gasteiger partial charge < -0.3 is 25.2 Å². The third-order valence-electron chi connectivity index (χ3n) is 5.13. The minimum atomic E-state index is -0.499. The highest BCUT2D eigenvalue weighted by atomic mass is 16.5. The third kappa shape index (κ3) is 3.06. The summed E-state index contributed by atoms with van der Waals surface area (Å²) in [6.45, 7) is 1.47. The molecule has 3 heterocycles. The van der Waals surface area contributed by atoms with Gasteiger partial charge in [0.25, 0.3) is 5.91 Å². The number of amides is 2. The Morgan fingerprint density at radius 3 is 2.92 bits per heavy atom. The molecule has 3 aliphatic rings. The van der Waals surface area contributed by atoms with E-state index in [4.69, 9.17) is 15.2 Å². The zero-order valence-electron chi connectivity index (χ0n) is 14.3. The van der Waals surface area contributed by atoms with Crippen LogP contribution in [0.2, 0.25) is 0 Å². The van der Waals surface area contributed by atoms with Crippen molar-refractivity contribution in [1.82, 2.24) is 4.90 Å². The molecular formula is C18H22N3O5+. The van der Waals surface area contributed by atoms with Crippen LogP contribution in [0.1, 0.15) is 35.2 Å². The number of hydrogen-bond donors (Lipinski definition) is 3. The van der Waals surface area contributed by atoms with Crippen LogP contribution in [0.25, 0.3) is 0 Å². The van der Waals surface area contributed by atoms with Crippen LogP contribution in [0.15, 0.2) is 18.2 Å². The van der Waals surface area contributed by atoms with Gasteiger partial charge in [-0.3, -0.25) is 4.79 Å². The van der Waals surface area contributed by atoms with Gasteiger partial charge in [-0.1, -0.05) is 0 Å². The zero-order chi connectivity index (χ0) is 18.3. The zero-order valence-corrected chi connectivity index (χ0v) is 14.3. The maximum Gasteiger partial charge on any atom is 0.388 e. The number of nitrogens with two attached hydrogens (primary N) is 1. The number of aliphatic hydroxyl groups is 1. The molecule has 0 aliphatic carbocycles. The molecule has 3 aliphatic heterocycles. The molecular weight excluding hydrogens is 338 g/mol. The van der Waals surface area contributed by atoms with Crippen molar-refractivity contribution in [2.45, 2.75) is 44.0 Å². The van der Waals surface area contributed by atoms with Crippen molar-refractivity contribution in [3.63, 3.8) is 0 Å². The molecule has 4 rings (SSSR count). The normalized spacial score (nSPS) is 28.7. The first-order valence-electron chi connectivity index (χ1n) is 8.82. The summed E-state index contributed by atoms with van der Waals surface area (Å²) in [4.78, 5) is 28.1. The molecule has 26 heavy (non-hydrogen) atoms. The number of nitrogens with one attached hydrogen (secondary N) is 1. The molecule has 0 radical (unpaired) electrons. The van der Waals surface area contributed by atoms with E-state index in [0.717, 1.165) is 12.0 Å². The minimum absolute atomic E-state index is 0.110. The second-order valence-electron chi connectivity index (χ2n) is 6.92. The predicted octanol–water partition coefficient (Wildman–Crippen LogP) is -1.14. The van der Waals surface area contributed by atoms with Gasteiger partial charge in [-0.05, 0) is 30.2 Å². The van der Waals surface area contributed by atoms with E-state index < -0.39 is 6.04 Å². The molecule has 0 bridgehead atoms. The van der Waals surface area contributed by atoms with Crippen molar-refractivity contribution in [2.24, 2.45) is 5.73 Å². The number of aliphatic hydroxyl groups excluding tert-OH is 1. The number of nitrogens with zero attached hydrogens (tertiary/aromatic N) is 1. The molecule has 0 aromatic heterocycles. The Bertz CT molecular complexity index is 778. The van der Waals surface area contributed by atoms with Gasteiger partial charge in [0.2, 0.25) is 0 Å². The maximum atomic E-state index is 12.7. The van der Waals surface area contributed by atoms with Crippen molar-refractivity contribution < 1.29 is 29.2 Å². The lowest BCUT2D eigenvalue weighted by Gasteiger charge is -2.29. The molecule has 4 N–H and O–H groups in total. The van der Waals surface area contributed by atoms with Gasteiger partial charge in [-0.2, -0.15) is 0 Å². The Morgan fingerprint density at radius 1 is 1.31 bits per heavy atom. The quantitative estimate of drug-likeness (QED) is 0.628. The number of carbonyl (C=O) groups is 2. The molecule has 0 saturated carbocycles. The summed E-state index contributed by atoms with van der Waals surface area (Å²) >= 11 is 0. The van der Waals surface area contributed by atoms with Gasteiger partial charge in [0, 0.05) is 18.5 Å². The first kappa shape index (κ1) is 17.0. The third-order valence-corrected chi connectivity index (χ3v) is 5.13. The molecule has 2 amide bonds. The lowest BCUT2D eigenvalue weighted by atomic mass is 10.1. The predicted molar refractivity (Wildman–Crippen MR) is 90.8 cm³/mol. The van der Waals surface area contributed by atoms with E-state index >= 15 is 0 Å². The van der Waals surface area contributed by atoms with Crippen LogP contribution in [0.3, 0.4) is 0 Å². The number of rotatable bonds is 3. The van der Waals surface area contributed by atoms with Crippen molar-refractivity contribution in [1.29, 1.82) is 0 Å². The van der Waals surface area contributed by atoms with Crippen LogP contribution in [0.4, 0.5) is 0 Å². The van der Waals surface area contributed by atoms with E-state index in [0.29, 0.717) is 37.5 Å². The topological polar surface area (TPSA) is 116 Å². The average Bonchev–Trinajstić information content (AvgIpc) is 2.93. The summed E-state index contributed by atoms with van der Waals surface area (Å²) in [5, 5.41) is 10.0. The molecule has 1 saturated heterocycles. The number of hydrogen-bond acceptors (Lipinski definition) is 5. The second-order valence-corrected chi connectivity index (χ2v) is 6.92. The Kier molecular flexibility index (Phi) is 4.37. The number of carbonyl (C=O) groups excluding carboxylic acids is 2. The van der Waals surface area contributed by atoms with Crippen molar-refractivity contribution >= 4 is 17.7 Å². The van der Waals surface area contributed by atoms with Crippen LogP contribution in [-0.2, 0) is 16.1 Å². The molecule has 8 heteroatoms. The summed E-state index contributed by atoms with van der Waals surface area (Å²) in [5.74, 6) is 0.131. The van der Waals surface area contributed by atoms with Gasteiger partial charge in [-0.25, -0.2) is 4.79 Å². The summed E-state index contributed by atoms with van der Waals surface area (Å²) < 4.78 is 11.3. The van der Waals surface area contributed by atoms with Crippen LogP contribution in [-0.4, -0.2) is 59.1 Å². The number of benzene rings is 1. The van der Waals surface area contributed by atoms with Crippen LogP contribution in [0, 0.1) is 0 Å². The molecule has 3 atom stereocenters. The smallest absolute Gasteiger partial charge is 0.388 e. The molecule has 1 aromatic carbocycles. The first-order valence-corrected chi connectivity index (χ1v) is 8.82. The van der Waals surface area contributed by atoms with E-state index in [1.807, 2.05) is 6.07 Å². The summed E-state index contributed by atoms with van der Waals surface area (Å²) in [6, 6.07) is 4.70. The fraction of sp³-hybridized carbons (Fsp3) is 0.500. The van der Waals surface area contributed by atoms with Crippen LogP contribution >= 0.6 is 0 Å². The fourth-order valence-corrected chi connectivity index (χ4v) is 3.70. The molecule has 0 spiro atoms. The fourth-order valence-electron chi connectivity index (χ4n) is 3.70. The van der Waals surface area contributed by atoms with E-state index in [-0.39, 0.29) is 36.3 Å². The highest BCUT2D eigenvalue weighted by Crippen LogP contribution is 2.30. The van der Waals surface area contributed by atoms with E-state index in [1.165, 1.54) is 0 Å². The molecule has 1 unspecified atom stereocenters. The highest BCUT2D eigenvalue weighted by Gasteiger charge is 2.41. The minimum Gasteiger partial charge on any atom is -0.489 e. The van der Waals surface area contributed by atoms with Gasteiger partial charge in [0.1, 0.15) is 11.9 Å². The molecule has 138 valence electrons. The highest BCUT2D eigenvalue weighted by molar-refractivity contribution is 6.01. The first-order chi connectivity index (χ1) is 12.5. The molecule has 1 fully saturated rings. The molecule has 8 nitrogen and oxygen atoms in total. The Hall–Kier alpha value is -2.45. The lowest BCUT2D eigenvalue weighted by Crippen LogP contribution is -2.82. The van der Waals surface area contributed by atoms with Gasteiger partial charge in [-0.15, -0.1) is 4.99 Å². The Balaban J connectivity index is 1.51. The van der Waals surface area contributed by atoms with Gasteiger partial charge in [0.15, 0.2) is 6.04 Å². The largest absolute Gasteiger partial charge is 0.489 e. The van der Waals surface area contributed by atoms with Crippen molar-refractivity contribution in [2.75, 3.05) is 13.2 Å². The average molecular weight is 360 g/mol. The molecule has 1 aromatic rings. The standard InChI is InChI=1S/C18H21N3O5/c19-13-9-25-6-5-15(13)26-11-1-2-12-10(7-11)8-21(18(12)24)14-3-4-16(22)20-17(14)23/h1-2,7,13-15H,3-6,8-9,19H2,(H,20,22,23)/p+1/t13-,14?,15+/m0/s1. The Labute approximate surface area is 150 Å². The van der Waals surface area contributed by atoms with Gasteiger partial charge in [0.05, 0.1) is 25.7 Å². The second kappa shape index (κ2) is 6.69. The van der Waals surface area contributed by atoms with E-state index in [1.54, 1.807) is 17.0 Å². The summed E-state index contributed by atoms with van der Waals surface area (Å²) in [6.07, 6.45) is 1.32.